The average Bonchev–Trinajstić information content (AvgIpc) is 2.40. The lowest BCUT2D eigenvalue weighted by Gasteiger charge is -2.30. The largest absolute Gasteiger partial charge is 0.369 e. The smallest absolute Gasteiger partial charge is 0.220 e. The van der Waals surface area contributed by atoms with Crippen molar-refractivity contribution >= 4 is 5.91 Å². The van der Waals surface area contributed by atoms with Crippen molar-refractivity contribution in [1.29, 1.82) is 0 Å². The molecule has 1 aromatic rings. The molecule has 2 rings (SSSR count). The van der Waals surface area contributed by atoms with Crippen LogP contribution in [-0.2, 0) is 11.3 Å². The molecule has 2 N–H and O–H groups in total. The Morgan fingerprint density at radius 3 is 2.37 bits per heavy atom. The minimum atomic E-state index is -1.14. The summed E-state index contributed by atoms with van der Waals surface area (Å²) in [5, 5.41) is 0. The van der Waals surface area contributed by atoms with Crippen LogP contribution >= 0.6 is 0 Å². The topological polar surface area (TPSA) is 46.3 Å². The predicted molar refractivity (Wildman–Crippen MR) is 63.5 cm³/mol. The van der Waals surface area contributed by atoms with E-state index in [-0.39, 0.29) is 23.9 Å². The Balaban J connectivity index is 2.04. The van der Waals surface area contributed by atoms with Crippen molar-refractivity contribution in [2.24, 2.45) is 11.7 Å². The van der Waals surface area contributed by atoms with Gasteiger partial charge in [-0.05, 0) is 38.1 Å². The van der Waals surface area contributed by atoms with Gasteiger partial charge in [0.15, 0.2) is 11.6 Å². The monoisotopic (exact) mass is 272 g/mol. The van der Waals surface area contributed by atoms with Gasteiger partial charge < -0.3 is 5.73 Å². The Kier molecular flexibility index (Phi) is 4.09. The number of carbonyl (C=O) groups excluding carboxylic acids is 1. The number of rotatable bonds is 3. The Bertz CT molecular complexity index is 485. The van der Waals surface area contributed by atoms with E-state index in [0.29, 0.717) is 25.9 Å². The van der Waals surface area contributed by atoms with Crippen molar-refractivity contribution in [3.05, 3.63) is 35.1 Å². The quantitative estimate of drug-likeness (QED) is 0.853. The third kappa shape index (κ3) is 3.07. The summed E-state index contributed by atoms with van der Waals surface area (Å²) in [5.41, 5.74) is 4.94. The highest BCUT2D eigenvalue weighted by Gasteiger charge is 2.25. The Hall–Kier alpha value is -1.56. The zero-order valence-electron chi connectivity index (χ0n) is 10.3. The first-order valence-corrected chi connectivity index (χ1v) is 6.13. The van der Waals surface area contributed by atoms with E-state index in [1.54, 1.807) is 4.90 Å². The van der Waals surface area contributed by atoms with Crippen LogP contribution < -0.4 is 5.73 Å². The van der Waals surface area contributed by atoms with Crippen LogP contribution in [0.1, 0.15) is 18.4 Å². The van der Waals surface area contributed by atoms with Crippen LogP contribution in [0.4, 0.5) is 13.2 Å². The van der Waals surface area contributed by atoms with Gasteiger partial charge in [0, 0.05) is 18.0 Å². The number of nitrogens with zero attached hydrogens (tertiary/aromatic N) is 1. The van der Waals surface area contributed by atoms with Gasteiger partial charge in [0.2, 0.25) is 5.91 Å². The summed E-state index contributed by atoms with van der Waals surface area (Å²) < 4.78 is 40.0. The average molecular weight is 272 g/mol. The number of primary amides is 1. The van der Waals surface area contributed by atoms with Gasteiger partial charge in [-0.2, -0.15) is 0 Å². The molecule has 104 valence electrons. The third-order valence-electron chi connectivity index (χ3n) is 3.51. The summed E-state index contributed by atoms with van der Waals surface area (Å²) in [6, 6.07) is 1.69. The number of nitrogens with two attached hydrogens (primary N) is 1. The minimum Gasteiger partial charge on any atom is -0.369 e. The minimum absolute atomic E-state index is 0.000901. The van der Waals surface area contributed by atoms with Gasteiger partial charge in [0.05, 0.1) is 0 Å². The normalized spacial score (nSPS) is 17.6. The summed E-state index contributed by atoms with van der Waals surface area (Å²) in [6.07, 6.45) is 1.13. The lowest BCUT2D eigenvalue weighted by Crippen LogP contribution is -2.38. The maximum atomic E-state index is 13.5. The molecule has 0 aliphatic carbocycles. The molecule has 0 spiro atoms. The molecular formula is C13H15F3N2O. The Morgan fingerprint density at radius 1 is 1.21 bits per heavy atom. The van der Waals surface area contributed by atoms with E-state index in [1.165, 1.54) is 0 Å². The van der Waals surface area contributed by atoms with E-state index in [1.807, 2.05) is 0 Å². The summed E-state index contributed by atoms with van der Waals surface area (Å²) in [7, 11) is 0. The third-order valence-corrected chi connectivity index (χ3v) is 3.51. The van der Waals surface area contributed by atoms with Crippen LogP contribution in [0, 0.1) is 23.4 Å². The number of hydrogen-bond acceptors (Lipinski definition) is 2. The van der Waals surface area contributed by atoms with Crippen LogP contribution in [0.25, 0.3) is 0 Å². The van der Waals surface area contributed by atoms with Crippen molar-refractivity contribution in [1.82, 2.24) is 4.90 Å². The van der Waals surface area contributed by atoms with Crippen molar-refractivity contribution in [2.75, 3.05) is 13.1 Å². The van der Waals surface area contributed by atoms with Gasteiger partial charge >= 0.3 is 0 Å². The molecule has 0 atom stereocenters. The molecule has 1 heterocycles. The number of carbonyl (C=O) groups is 1. The van der Waals surface area contributed by atoms with Gasteiger partial charge in [-0.3, -0.25) is 9.69 Å². The SMILES string of the molecule is NC(=O)C1CCN(Cc2c(F)ccc(F)c2F)CC1. The highest BCUT2D eigenvalue weighted by molar-refractivity contribution is 5.76. The summed E-state index contributed by atoms with van der Waals surface area (Å²) in [4.78, 5) is 12.8. The summed E-state index contributed by atoms with van der Waals surface area (Å²) >= 11 is 0. The Labute approximate surface area is 109 Å². The number of likely N-dealkylation sites (tertiary alicyclic amines) is 1. The lowest BCUT2D eigenvalue weighted by molar-refractivity contribution is -0.123. The van der Waals surface area contributed by atoms with Gasteiger partial charge in [0.25, 0.3) is 0 Å². The van der Waals surface area contributed by atoms with E-state index in [0.717, 1.165) is 12.1 Å². The molecule has 1 fully saturated rings. The molecule has 19 heavy (non-hydrogen) atoms. The zero-order chi connectivity index (χ0) is 14.0. The van der Waals surface area contributed by atoms with E-state index < -0.39 is 17.5 Å². The fourth-order valence-electron chi connectivity index (χ4n) is 2.31. The molecule has 1 aliphatic rings. The molecule has 0 radical (unpaired) electrons. The predicted octanol–water partition coefficient (Wildman–Crippen LogP) is 1.80. The van der Waals surface area contributed by atoms with Crippen LogP contribution in [-0.4, -0.2) is 23.9 Å². The van der Waals surface area contributed by atoms with E-state index in [9.17, 15) is 18.0 Å². The molecule has 1 saturated heterocycles. The number of hydrogen-bond donors (Lipinski definition) is 1. The lowest BCUT2D eigenvalue weighted by atomic mass is 9.96. The second-order valence-corrected chi connectivity index (χ2v) is 4.77. The van der Waals surface area contributed by atoms with E-state index >= 15 is 0 Å². The van der Waals surface area contributed by atoms with E-state index in [2.05, 4.69) is 0 Å². The molecule has 1 amide bonds. The van der Waals surface area contributed by atoms with Gasteiger partial charge in [-0.1, -0.05) is 0 Å². The molecule has 1 aromatic carbocycles. The molecule has 3 nitrogen and oxygen atoms in total. The molecule has 0 aromatic heterocycles. The van der Waals surface area contributed by atoms with Crippen molar-refractivity contribution in [2.45, 2.75) is 19.4 Å². The number of halogens is 3. The first kappa shape index (κ1) is 13.9. The van der Waals surface area contributed by atoms with Crippen LogP contribution in [0.15, 0.2) is 12.1 Å². The maximum Gasteiger partial charge on any atom is 0.220 e. The van der Waals surface area contributed by atoms with Gasteiger partial charge in [-0.25, -0.2) is 13.2 Å². The molecule has 0 unspecified atom stereocenters. The standard InChI is InChI=1S/C13H15F3N2O/c14-10-1-2-11(15)12(16)9(10)7-18-5-3-8(4-6-18)13(17)19/h1-2,8H,3-7H2,(H2,17,19). The first-order chi connectivity index (χ1) is 8.99. The Morgan fingerprint density at radius 2 is 1.79 bits per heavy atom. The fraction of sp³-hybridized carbons (Fsp3) is 0.462. The van der Waals surface area contributed by atoms with Crippen molar-refractivity contribution in [3.63, 3.8) is 0 Å². The second-order valence-electron chi connectivity index (χ2n) is 4.77. The molecular weight excluding hydrogens is 257 g/mol. The second kappa shape index (κ2) is 5.61. The molecule has 6 heteroatoms. The number of benzene rings is 1. The number of amides is 1. The number of piperidine rings is 1. The fourth-order valence-corrected chi connectivity index (χ4v) is 2.31. The zero-order valence-corrected chi connectivity index (χ0v) is 10.3. The van der Waals surface area contributed by atoms with Crippen molar-refractivity contribution in [3.8, 4) is 0 Å². The maximum absolute atomic E-state index is 13.5. The highest BCUT2D eigenvalue weighted by Crippen LogP contribution is 2.22. The molecule has 1 aliphatic heterocycles. The van der Waals surface area contributed by atoms with Crippen LogP contribution in [0.5, 0.6) is 0 Å². The van der Waals surface area contributed by atoms with E-state index in [4.69, 9.17) is 5.73 Å². The van der Waals surface area contributed by atoms with Crippen LogP contribution in [0.3, 0.4) is 0 Å². The molecule has 0 bridgehead atoms. The van der Waals surface area contributed by atoms with Gasteiger partial charge in [0.1, 0.15) is 5.82 Å². The van der Waals surface area contributed by atoms with Crippen LogP contribution in [0.2, 0.25) is 0 Å². The first-order valence-electron chi connectivity index (χ1n) is 6.13. The van der Waals surface area contributed by atoms with Crippen molar-refractivity contribution < 1.29 is 18.0 Å². The molecule has 0 saturated carbocycles. The van der Waals surface area contributed by atoms with Gasteiger partial charge in [-0.15, -0.1) is 0 Å². The highest BCUT2D eigenvalue weighted by atomic mass is 19.2. The summed E-state index contributed by atoms with van der Waals surface area (Å²) in [5.74, 6) is -3.47. The summed E-state index contributed by atoms with van der Waals surface area (Å²) in [6.45, 7) is 1.03.